The Morgan fingerprint density at radius 3 is 2.45 bits per heavy atom. The topological polar surface area (TPSA) is 83.5 Å². The molecule has 0 amide bonds. The second-order valence-electron chi connectivity index (χ2n) is 9.12. The van der Waals surface area contributed by atoms with E-state index in [1.807, 2.05) is 32.0 Å². The smallest absolute Gasteiger partial charge is 0.309 e. The number of ether oxygens (including phenoxy) is 5. The van der Waals surface area contributed by atoms with Crippen LogP contribution in [0.15, 0.2) is 42.5 Å². The molecule has 1 saturated heterocycles. The van der Waals surface area contributed by atoms with E-state index in [-0.39, 0.29) is 18.6 Å². The maximum Gasteiger partial charge on any atom is 0.309 e. The van der Waals surface area contributed by atoms with Gasteiger partial charge in [0.15, 0.2) is 0 Å². The molecule has 2 heterocycles. The summed E-state index contributed by atoms with van der Waals surface area (Å²) in [5.74, 6) is 1.15. The van der Waals surface area contributed by atoms with Gasteiger partial charge in [0.2, 0.25) is 0 Å². The van der Waals surface area contributed by atoms with Gasteiger partial charge >= 0.3 is 5.97 Å². The lowest BCUT2D eigenvalue weighted by atomic mass is 9.72. The monoisotopic (exact) mass is 456 g/mol. The van der Waals surface area contributed by atoms with Crippen molar-refractivity contribution in [2.24, 2.45) is 11.8 Å². The summed E-state index contributed by atoms with van der Waals surface area (Å²) in [6.45, 7) is 6.80. The lowest BCUT2D eigenvalue weighted by Gasteiger charge is -2.50. The SMILES string of the molecule is CCCOc1ccc2c(c1)[C@H]1O[C@@H](COc3ccc(OC)cc3)[C@H](C(=O)O)C[C@@H]1C(C)(C)O2. The first kappa shape index (κ1) is 23.2. The summed E-state index contributed by atoms with van der Waals surface area (Å²) in [4.78, 5) is 12.2. The molecule has 178 valence electrons. The van der Waals surface area contributed by atoms with Crippen LogP contribution < -0.4 is 18.9 Å². The third kappa shape index (κ3) is 4.88. The normalized spacial score (nSPS) is 25.2. The van der Waals surface area contributed by atoms with E-state index in [4.69, 9.17) is 23.7 Å². The van der Waals surface area contributed by atoms with Crippen LogP contribution in [0.5, 0.6) is 23.0 Å². The molecule has 2 aliphatic rings. The molecule has 4 rings (SSSR count). The van der Waals surface area contributed by atoms with Crippen molar-refractivity contribution in [2.45, 2.75) is 51.4 Å². The van der Waals surface area contributed by atoms with Gasteiger partial charge < -0.3 is 28.8 Å². The Balaban J connectivity index is 1.59. The van der Waals surface area contributed by atoms with Gasteiger partial charge in [-0.15, -0.1) is 0 Å². The minimum absolute atomic E-state index is 0.121. The number of carbonyl (C=O) groups is 1. The van der Waals surface area contributed by atoms with Crippen molar-refractivity contribution in [3.63, 3.8) is 0 Å². The predicted octanol–water partition coefficient (Wildman–Crippen LogP) is 4.88. The molecular formula is C26H32O7. The van der Waals surface area contributed by atoms with Gasteiger partial charge in [-0.05, 0) is 69.2 Å². The molecule has 0 radical (unpaired) electrons. The summed E-state index contributed by atoms with van der Waals surface area (Å²) in [6, 6.07) is 13.0. The molecule has 7 nitrogen and oxygen atoms in total. The van der Waals surface area contributed by atoms with Crippen LogP contribution in [0.3, 0.4) is 0 Å². The van der Waals surface area contributed by atoms with Gasteiger partial charge in [-0.1, -0.05) is 6.92 Å². The average Bonchev–Trinajstić information content (AvgIpc) is 2.81. The highest BCUT2D eigenvalue weighted by Crippen LogP contribution is 2.52. The molecule has 0 bridgehead atoms. The van der Waals surface area contributed by atoms with Crippen molar-refractivity contribution in [1.29, 1.82) is 0 Å². The zero-order valence-electron chi connectivity index (χ0n) is 19.6. The molecule has 2 aromatic carbocycles. The molecule has 0 saturated carbocycles. The van der Waals surface area contributed by atoms with Gasteiger partial charge in [0, 0.05) is 11.5 Å². The molecule has 1 fully saturated rings. The van der Waals surface area contributed by atoms with Crippen LogP contribution in [-0.4, -0.2) is 43.1 Å². The fourth-order valence-electron chi connectivity index (χ4n) is 4.64. The van der Waals surface area contributed by atoms with Crippen molar-refractivity contribution in [1.82, 2.24) is 0 Å². The molecule has 0 unspecified atom stereocenters. The Labute approximate surface area is 194 Å². The highest BCUT2D eigenvalue weighted by molar-refractivity contribution is 5.71. The van der Waals surface area contributed by atoms with Crippen molar-refractivity contribution < 1.29 is 33.6 Å². The number of carboxylic acids is 1. The van der Waals surface area contributed by atoms with E-state index in [0.717, 1.165) is 29.2 Å². The number of benzene rings is 2. The third-order valence-electron chi connectivity index (χ3n) is 6.46. The summed E-state index contributed by atoms with van der Waals surface area (Å²) in [5, 5.41) is 9.96. The second kappa shape index (κ2) is 9.51. The first-order chi connectivity index (χ1) is 15.8. The van der Waals surface area contributed by atoms with Gasteiger partial charge in [-0.2, -0.15) is 0 Å². The summed E-state index contributed by atoms with van der Waals surface area (Å²) in [5.41, 5.74) is 0.324. The number of rotatable bonds is 8. The van der Waals surface area contributed by atoms with Crippen LogP contribution in [0, 0.1) is 11.8 Å². The first-order valence-electron chi connectivity index (χ1n) is 11.4. The standard InChI is InChI=1S/C26H32O7/c1-5-12-30-18-10-11-22-19(13-18)24-21(26(2,3)33-22)14-20(25(27)28)23(32-24)15-31-17-8-6-16(29-4)7-9-17/h6-11,13,20-21,23-24H,5,12,14-15H2,1-4H3,(H,27,28)/t20-,21+,23+,24-/m1/s1. The van der Waals surface area contributed by atoms with E-state index in [2.05, 4.69) is 6.92 Å². The van der Waals surface area contributed by atoms with Gasteiger partial charge in [0.25, 0.3) is 0 Å². The number of methoxy groups -OCH3 is 1. The lowest BCUT2D eigenvalue weighted by Crippen LogP contribution is -2.53. The van der Waals surface area contributed by atoms with Crippen molar-refractivity contribution in [3.8, 4) is 23.0 Å². The third-order valence-corrected chi connectivity index (χ3v) is 6.46. The van der Waals surface area contributed by atoms with Gasteiger partial charge in [0.05, 0.1) is 25.7 Å². The molecule has 2 aromatic rings. The van der Waals surface area contributed by atoms with E-state index < -0.39 is 23.6 Å². The number of fused-ring (bicyclic) bond motifs is 3. The number of carboxylic acid groups (broad SMARTS) is 1. The van der Waals surface area contributed by atoms with E-state index in [1.54, 1.807) is 31.4 Å². The first-order valence-corrected chi connectivity index (χ1v) is 11.4. The quantitative estimate of drug-likeness (QED) is 0.606. The summed E-state index contributed by atoms with van der Waals surface area (Å²) in [7, 11) is 1.60. The fraction of sp³-hybridized carbons (Fsp3) is 0.500. The van der Waals surface area contributed by atoms with Gasteiger partial charge in [0.1, 0.15) is 41.3 Å². The minimum Gasteiger partial charge on any atom is -0.497 e. The number of aliphatic carboxylic acids is 1. The largest absolute Gasteiger partial charge is 0.497 e. The highest BCUT2D eigenvalue weighted by Gasteiger charge is 2.52. The van der Waals surface area contributed by atoms with Crippen molar-refractivity contribution in [2.75, 3.05) is 20.3 Å². The van der Waals surface area contributed by atoms with Crippen LogP contribution in [0.25, 0.3) is 0 Å². The van der Waals surface area contributed by atoms with E-state index >= 15 is 0 Å². The van der Waals surface area contributed by atoms with Crippen LogP contribution in [-0.2, 0) is 9.53 Å². The van der Waals surface area contributed by atoms with Crippen molar-refractivity contribution in [3.05, 3.63) is 48.0 Å². The zero-order chi connectivity index (χ0) is 23.6. The second-order valence-corrected chi connectivity index (χ2v) is 9.12. The molecule has 0 aliphatic carbocycles. The Hall–Kier alpha value is -2.93. The van der Waals surface area contributed by atoms with E-state index in [1.165, 1.54) is 0 Å². The molecule has 7 heteroatoms. The van der Waals surface area contributed by atoms with Crippen LogP contribution in [0.2, 0.25) is 0 Å². The number of hydrogen-bond acceptors (Lipinski definition) is 6. The Morgan fingerprint density at radius 2 is 1.79 bits per heavy atom. The van der Waals surface area contributed by atoms with Crippen LogP contribution in [0.4, 0.5) is 0 Å². The Kier molecular flexibility index (Phi) is 6.70. The average molecular weight is 457 g/mol. The molecule has 2 aliphatic heterocycles. The fourth-order valence-corrected chi connectivity index (χ4v) is 4.64. The minimum atomic E-state index is -0.890. The highest BCUT2D eigenvalue weighted by atomic mass is 16.6. The molecule has 1 N–H and O–H groups in total. The molecule has 0 spiro atoms. The maximum atomic E-state index is 12.2. The molecular weight excluding hydrogens is 424 g/mol. The van der Waals surface area contributed by atoms with Crippen LogP contribution >= 0.6 is 0 Å². The number of hydrogen-bond donors (Lipinski definition) is 1. The van der Waals surface area contributed by atoms with Gasteiger partial charge in [-0.25, -0.2) is 0 Å². The van der Waals surface area contributed by atoms with Crippen molar-refractivity contribution >= 4 is 5.97 Å². The molecule has 0 aromatic heterocycles. The van der Waals surface area contributed by atoms with E-state index in [0.29, 0.717) is 18.8 Å². The Morgan fingerprint density at radius 1 is 1.09 bits per heavy atom. The van der Waals surface area contributed by atoms with Crippen LogP contribution in [0.1, 0.15) is 45.3 Å². The summed E-state index contributed by atoms with van der Waals surface area (Å²) < 4.78 is 29.7. The maximum absolute atomic E-state index is 12.2. The summed E-state index contributed by atoms with van der Waals surface area (Å²) in [6.07, 6.45) is 0.430. The summed E-state index contributed by atoms with van der Waals surface area (Å²) >= 11 is 0. The molecule has 4 atom stereocenters. The zero-order valence-corrected chi connectivity index (χ0v) is 19.6. The predicted molar refractivity (Wildman–Crippen MR) is 122 cm³/mol. The van der Waals surface area contributed by atoms with Gasteiger partial charge in [-0.3, -0.25) is 4.79 Å². The lowest BCUT2D eigenvalue weighted by molar-refractivity contribution is -0.192. The van der Waals surface area contributed by atoms with E-state index in [9.17, 15) is 9.90 Å². The Bertz CT molecular complexity index is 969. The molecule has 33 heavy (non-hydrogen) atoms.